The zero-order valence-corrected chi connectivity index (χ0v) is 12.7. The van der Waals surface area contributed by atoms with E-state index in [0.29, 0.717) is 13.1 Å². The minimum Gasteiger partial charge on any atom is -0.459 e. The maximum atomic E-state index is 12.2. The van der Waals surface area contributed by atoms with Crippen molar-refractivity contribution < 1.29 is 14.3 Å². The average Bonchev–Trinajstić information content (AvgIpc) is 2.99. The van der Waals surface area contributed by atoms with E-state index in [0.717, 1.165) is 11.0 Å². The predicted molar refractivity (Wildman–Crippen MR) is 81.0 cm³/mol. The van der Waals surface area contributed by atoms with Gasteiger partial charge in [0.15, 0.2) is 0 Å². The molecule has 1 saturated heterocycles. The van der Waals surface area contributed by atoms with Crippen molar-refractivity contribution in [2.45, 2.75) is 32.4 Å². The Morgan fingerprint density at radius 3 is 2.95 bits per heavy atom. The lowest BCUT2D eigenvalue weighted by molar-refractivity contribution is -0.147. The van der Waals surface area contributed by atoms with Gasteiger partial charge in [0.1, 0.15) is 5.60 Å². The second-order valence-corrected chi connectivity index (χ2v) is 6.05. The fraction of sp³-hybridized carbons (Fsp3) is 0.438. The first-order chi connectivity index (χ1) is 10.5. The van der Waals surface area contributed by atoms with Crippen molar-refractivity contribution in [1.29, 1.82) is 0 Å². The molecule has 3 rings (SSSR count). The van der Waals surface area contributed by atoms with Gasteiger partial charge in [0.2, 0.25) is 5.91 Å². The summed E-state index contributed by atoms with van der Waals surface area (Å²) in [6.45, 7) is 4.66. The molecular weight excluding hydrogens is 282 g/mol. The van der Waals surface area contributed by atoms with Gasteiger partial charge in [-0.25, -0.2) is 4.98 Å². The molecule has 1 N–H and O–H groups in total. The number of nitrogens with one attached hydrogen (secondary N) is 1. The highest BCUT2D eigenvalue weighted by atomic mass is 16.6. The Morgan fingerprint density at radius 2 is 2.23 bits per heavy atom. The largest absolute Gasteiger partial charge is 0.459 e. The number of carbonyl (C=O) groups is 2. The maximum Gasteiger partial charge on any atom is 0.307 e. The summed E-state index contributed by atoms with van der Waals surface area (Å²) >= 11 is 0. The summed E-state index contributed by atoms with van der Waals surface area (Å²) in [6.07, 6.45) is 1.91. The molecule has 116 valence electrons. The molecule has 22 heavy (non-hydrogen) atoms. The number of ether oxygens (including phenoxy) is 1. The van der Waals surface area contributed by atoms with Gasteiger partial charge in [-0.1, -0.05) is 12.1 Å². The minimum atomic E-state index is -0.733. The summed E-state index contributed by atoms with van der Waals surface area (Å²) < 4.78 is 7.17. The van der Waals surface area contributed by atoms with Gasteiger partial charge in [0, 0.05) is 13.1 Å². The van der Waals surface area contributed by atoms with Crippen LogP contribution in [-0.4, -0.2) is 33.6 Å². The predicted octanol–water partition coefficient (Wildman–Crippen LogP) is 1.49. The molecule has 1 aliphatic heterocycles. The van der Waals surface area contributed by atoms with Crippen molar-refractivity contribution in [3.63, 3.8) is 0 Å². The number of nitrogens with zero attached hydrogens (tertiary/aromatic N) is 2. The summed E-state index contributed by atoms with van der Waals surface area (Å²) in [6, 6.07) is 7.86. The normalized spacial score (nSPS) is 20.1. The fourth-order valence-corrected chi connectivity index (χ4v) is 2.84. The highest BCUT2D eigenvalue weighted by molar-refractivity contribution is 5.87. The number of fused-ring (bicyclic) bond motifs is 1. The van der Waals surface area contributed by atoms with Crippen LogP contribution in [0.4, 0.5) is 0 Å². The molecule has 0 aliphatic carbocycles. The van der Waals surface area contributed by atoms with Crippen LogP contribution in [0.5, 0.6) is 0 Å². The van der Waals surface area contributed by atoms with E-state index in [1.54, 1.807) is 20.2 Å². The number of hydrogen-bond donors (Lipinski definition) is 1. The number of carbonyl (C=O) groups excluding carboxylic acids is 2. The molecule has 0 saturated carbocycles. The number of aromatic nitrogens is 2. The Hall–Kier alpha value is -2.37. The van der Waals surface area contributed by atoms with Crippen LogP contribution in [0, 0.1) is 5.92 Å². The average molecular weight is 301 g/mol. The Morgan fingerprint density at radius 1 is 1.45 bits per heavy atom. The smallest absolute Gasteiger partial charge is 0.307 e. The summed E-state index contributed by atoms with van der Waals surface area (Å²) in [5, 5.41) is 2.88. The second-order valence-electron chi connectivity index (χ2n) is 6.05. The van der Waals surface area contributed by atoms with Crippen LogP contribution in [-0.2, 0) is 20.9 Å². The molecule has 0 radical (unpaired) electrons. The van der Waals surface area contributed by atoms with E-state index in [2.05, 4.69) is 10.3 Å². The van der Waals surface area contributed by atoms with E-state index in [-0.39, 0.29) is 18.3 Å². The van der Waals surface area contributed by atoms with E-state index < -0.39 is 11.5 Å². The molecule has 1 atom stereocenters. The molecular formula is C16H19N3O3. The molecule has 1 aliphatic rings. The maximum absolute atomic E-state index is 12.2. The third-order valence-corrected chi connectivity index (χ3v) is 4.08. The molecule has 1 aromatic carbocycles. The number of amides is 1. The lowest BCUT2D eigenvalue weighted by atomic mass is 9.90. The fourth-order valence-electron chi connectivity index (χ4n) is 2.84. The highest BCUT2D eigenvalue weighted by Crippen LogP contribution is 2.32. The third kappa shape index (κ3) is 2.68. The van der Waals surface area contributed by atoms with Crippen LogP contribution in [0.3, 0.4) is 0 Å². The number of benzene rings is 1. The van der Waals surface area contributed by atoms with E-state index >= 15 is 0 Å². The molecule has 1 unspecified atom stereocenters. The van der Waals surface area contributed by atoms with Crippen molar-refractivity contribution in [2.75, 3.05) is 6.54 Å². The van der Waals surface area contributed by atoms with E-state index in [1.165, 1.54) is 0 Å². The van der Waals surface area contributed by atoms with E-state index in [4.69, 9.17) is 4.74 Å². The van der Waals surface area contributed by atoms with Gasteiger partial charge < -0.3 is 14.6 Å². The molecule has 0 spiro atoms. The minimum absolute atomic E-state index is 0.139. The molecule has 6 heteroatoms. The lowest BCUT2D eigenvalue weighted by Crippen LogP contribution is -2.41. The molecule has 2 heterocycles. The highest BCUT2D eigenvalue weighted by Gasteiger charge is 2.45. The number of imidazole rings is 1. The van der Waals surface area contributed by atoms with E-state index in [1.807, 2.05) is 28.8 Å². The first-order valence-electron chi connectivity index (χ1n) is 7.37. The van der Waals surface area contributed by atoms with Gasteiger partial charge >= 0.3 is 5.97 Å². The molecule has 2 aromatic rings. The van der Waals surface area contributed by atoms with Crippen LogP contribution in [0.1, 0.15) is 20.3 Å². The van der Waals surface area contributed by atoms with Gasteiger partial charge in [-0.05, 0) is 26.0 Å². The van der Waals surface area contributed by atoms with Crippen LogP contribution in [0.25, 0.3) is 11.0 Å². The van der Waals surface area contributed by atoms with Crippen molar-refractivity contribution >= 4 is 22.9 Å². The number of esters is 1. The zero-order valence-electron chi connectivity index (χ0n) is 12.7. The van der Waals surface area contributed by atoms with Gasteiger partial charge in [-0.3, -0.25) is 9.59 Å². The first kappa shape index (κ1) is 14.6. The second kappa shape index (κ2) is 5.44. The van der Waals surface area contributed by atoms with Crippen molar-refractivity contribution in [1.82, 2.24) is 14.9 Å². The topological polar surface area (TPSA) is 73.2 Å². The van der Waals surface area contributed by atoms with Gasteiger partial charge in [-0.15, -0.1) is 0 Å². The molecule has 1 fully saturated rings. The Kier molecular flexibility index (Phi) is 3.60. The number of cyclic esters (lactones) is 1. The lowest BCUT2D eigenvalue weighted by Gasteiger charge is -2.23. The SMILES string of the molecule is CC1(C)OC(=O)CC1C(=O)NCCn1cnc2ccccc21. The van der Waals surface area contributed by atoms with Crippen molar-refractivity contribution in [3.8, 4) is 0 Å². The van der Waals surface area contributed by atoms with Gasteiger partial charge in [0.25, 0.3) is 0 Å². The Bertz CT molecular complexity index is 720. The van der Waals surface area contributed by atoms with Crippen LogP contribution < -0.4 is 5.32 Å². The molecule has 6 nitrogen and oxygen atoms in total. The number of hydrogen-bond acceptors (Lipinski definition) is 4. The summed E-state index contributed by atoms with van der Waals surface area (Å²) in [5.41, 5.74) is 1.24. The van der Waals surface area contributed by atoms with Crippen LogP contribution >= 0.6 is 0 Å². The number of rotatable bonds is 4. The molecule has 0 bridgehead atoms. The van der Waals surface area contributed by atoms with Gasteiger partial charge in [0.05, 0.1) is 29.7 Å². The standard InChI is InChI=1S/C16H19N3O3/c1-16(2)11(9-14(20)22-16)15(21)17-7-8-19-10-18-12-5-3-4-6-13(12)19/h3-6,10-11H,7-9H2,1-2H3,(H,17,21). The van der Waals surface area contributed by atoms with Crippen molar-refractivity contribution in [3.05, 3.63) is 30.6 Å². The summed E-state index contributed by atoms with van der Waals surface area (Å²) in [7, 11) is 0. The summed E-state index contributed by atoms with van der Waals surface area (Å²) in [5.74, 6) is -0.884. The number of para-hydroxylation sites is 2. The molecule has 1 aromatic heterocycles. The van der Waals surface area contributed by atoms with Crippen molar-refractivity contribution in [2.24, 2.45) is 5.92 Å². The monoisotopic (exact) mass is 301 g/mol. The molecule has 1 amide bonds. The first-order valence-corrected chi connectivity index (χ1v) is 7.37. The van der Waals surface area contributed by atoms with Crippen LogP contribution in [0.2, 0.25) is 0 Å². The van der Waals surface area contributed by atoms with Gasteiger partial charge in [-0.2, -0.15) is 0 Å². The summed E-state index contributed by atoms with van der Waals surface area (Å²) in [4.78, 5) is 27.9. The van der Waals surface area contributed by atoms with E-state index in [9.17, 15) is 9.59 Å². The van der Waals surface area contributed by atoms with Crippen LogP contribution in [0.15, 0.2) is 30.6 Å². The Balaban J connectivity index is 1.59. The quantitative estimate of drug-likeness (QED) is 0.868. The zero-order chi connectivity index (χ0) is 15.7. The third-order valence-electron chi connectivity index (χ3n) is 4.08. The Labute approximate surface area is 128 Å².